The summed E-state index contributed by atoms with van der Waals surface area (Å²) in [5.74, 6) is -2.13. The highest BCUT2D eigenvalue weighted by Crippen LogP contribution is 2.45. The Morgan fingerprint density at radius 3 is 2.58 bits per heavy atom. The van der Waals surface area contributed by atoms with Crippen molar-refractivity contribution in [1.82, 2.24) is 10.2 Å². The second-order valence-corrected chi connectivity index (χ2v) is 9.23. The van der Waals surface area contributed by atoms with Crippen molar-refractivity contribution in [3.05, 3.63) is 52.6 Å². The Bertz CT molecular complexity index is 1020. The number of hydrazone groups is 1. The molecule has 1 fully saturated rings. The van der Waals surface area contributed by atoms with Crippen LogP contribution in [-0.2, 0) is 6.42 Å². The molecule has 2 aliphatic rings. The fourth-order valence-corrected chi connectivity index (χ4v) is 4.92. The molecule has 2 heterocycles. The Kier molecular flexibility index (Phi) is 6.59. The Morgan fingerprint density at radius 2 is 1.97 bits per heavy atom. The van der Waals surface area contributed by atoms with Gasteiger partial charge in [0.05, 0.1) is 31.4 Å². The lowest BCUT2D eigenvalue weighted by Gasteiger charge is -2.44. The van der Waals surface area contributed by atoms with E-state index >= 15 is 0 Å². The molecule has 4 rings (SSSR count). The lowest BCUT2D eigenvalue weighted by Crippen LogP contribution is -2.51. The summed E-state index contributed by atoms with van der Waals surface area (Å²) in [4.78, 5) is 1.90. The molecule has 0 bridgehead atoms. The molecule has 2 aromatic rings. The molecule has 1 saturated heterocycles. The van der Waals surface area contributed by atoms with E-state index in [0.29, 0.717) is 18.2 Å². The van der Waals surface area contributed by atoms with Crippen molar-refractivity contribution >= 4 is 18.1 Å². The molecule has 178 valence electrons. The SMILES string of the molecule is C=NNc1ccc2c(c1C)C[C@@H](C)N(CC(C)(F)F)[C@@H]2c1ccc(NC2CNC2)cc1OC. The summed E-state index contributed by atoms with van der Waals surface area (Å²) in [6.07, 6.45) is 0.678. The Balaban J connectivity index is 1.81. The third kappa shape index (κ3) is 4.82. The van der Waals surface area contributed by atoms with Gasteiger partial charge < -0.3 is 15.4 Å². The molecule has 6 nitrogen and oxygen atoms in total. The number of ether oxygens (including phenoxy) is 1. The monoisotopic (exact) mass is 457 g/mol. The van der Waals surface area contributed by atoms with Crippen LogP contribution >= 0.6 is 0 Å². The van der Waals surface area contributed by atoms with Crippen molar-refractivity contribution in [2.75, 3.05) is 37.5 Å². The first kappa shape index (κ1) is 23.4. The van der Waals surface area contributed by atoms with Crippen LogP contribution in [0.25, 0.3) is 0 Å². The van der Waals surface area contributed by atoms with E-state index in [2.05, 4.69) is 27.9 Å². The van der Waals surface area contributed by atoms with Gasteiger partial charge in [-0.25, -0.2) is 8.78 Å². The summed E-state index contributed by atoms with van der Waals surface area (Å²) < 4.78 is 34.4. The van der Waals surface area contributed by atoms with Gasteiger partial charge in [0, 0.05) is 50.1 Å². The Hall–Kier alpha value is -2.71. The second-order valence-electron chi connectivity index (χ2n) is 9.23. The van der Waals surface area contributed by atoms with Crippen LogP contribution in [0.2, 0.25) is 0 Å². The summed E-state index contributed by atoms with van der Waals surface area (Å²) in [5, 5.41) is 10.5. The van der Waals surface area contributed by atoms with Gasteiger partial charge in [0.25, 0.3) is 5.92 Å². The van der Waals surface area contributed by atoms with Gasteiger partial charge in [-0.1, -0.05) is 12.1 Å². The quantitative estimate of drug-likeness (QED) is 0.405. The summed E-state index contributed by atoms with van der Waals surface area (Å²) in [7, 11) is 1.63. The zero-order valence-electron chi connectivity index (χ0n) is 19.7. The van der Waals surface area contributed by atoms with Gasteiger partial charge in [0.2, 0.25) is 0 Å². The molecule has 0 amide bonds. The molecule has 0 saturated carbocycles. The van der Waals surface area contributed by atoms with E-state index in [1.807, 2.05) is 49.1 Å². The maximum Gasteiger partial charge on any atom is 0.257 e. The number of hydrogen-bond donors (Lipinski definition) is 3. The molecule has 2 aliphatic heterocycles. The topological polar surface area (TPSA) is 60.9 Å². The van der Waals surface area contributed by atoms with Crippen LogP contribution in [0.4, 0.5) is 20.2 Å². The highest BCUT2D eigenvalue weighted by molar-refractivity contribution is 5.61. The van der Waals surface area contributed by atoms with Crippen molar-refractivity contribution in [2.24, 2.45) is 5.10 Å². The number of anilines is 2. The number of alkyl halides is 2. The first-order valence-electron chi connectivity index (χ1n) is 11.3. The van der Waals surface area contributed by atoms with Crippen molar-refractivity contribution < 1.29 is 13.5 Å². The average molecular weight is 458 g/mol. The molecule has 3 N–H and O–H groups in total. The predicted molar refractivity (Wildman–Crippen MR) is 130 cm³/mol. The van der Waals surface area contributed by atoms with Crippen LogP contribution in [-0.4, -0.2) is 56.4 Å². The van der Waals surface area contributed by atoms with Crippen LogP contribution in [0.15, 0.2) is 35.4 Å². The van der Waals surface area contributed by atoms with Crippen LogP contribution < -0.4 is 20.8 Å². The Labute approximate surface area is 194 Å². The predicted octanol–water partition coefficient (Wildman–Crippen LogP) is 4.41. The van der Waals surface area contributed by atoms with E-state index in [1.54, 1.807) is 7.11 Å². The number of benzene rings is 2. The standard InChI is InChI=1S/C25H33F2N5O/c1-15-10-21-16(2)22(31-28-4)9-8-19(21)24(32(15)14-25(3,26)27)20-7-6-17(11-23(20)33-5)30-18-12-29-13-18/h6-9,11,15,18,24,29-31H,4,10,12-14H2,1-3,5H3/t15-,24+/m1/s1. The van der Waals surface area contributed by atoms with Crippen molar-refractivity contribution in [2.45, 2.75) is 51.2 Å². The minimum Gasteiger partial charge on any atom is -0.496 e. The number of nitrogens with one attached hydrogen (secondary N) is 3. The van der Waals surface area contributed by atoms with Gasteiger partial charge >= 0.3 is 0 Å². The lowest BCUT2D eigenvalue weighted by molar-refractivity contribution is -0.0365. The number of halogens is 2. The number of fused-ring (bicyclic) bond motifs is 1. The summed E-state index contributed by atoms with van der Waals surface area (Å²) in [5.41, 5.74) is 8.91. The van der Waals surface area contributed by atoms with E-state index in [1.165, 1.54) is 0 Å². The molecule has 2 atom stereocenters. The normalized spacial score (nSPS) is 21.2. The molecule has 33 heavy (non-hydrogen) atoms. The van der Waals surface area contributed by atoms with E-state index in [0.717, 1.165) is 53.6 Å². The van der Waals surface area contributed by atoms with Crippen molar-refractivity contribution in [3.8, 4) is 5.75 Å². The number of hydrogen-bond acceptors (Lipinski definition) is 6. The zero-order valence-corrected chi connectivity index (χ0v) is 19.7. The molecule has 0 aliphatic carbocycles. The van der Waals surface area contributed by atoms with Crippen molar-refractivity contribution in [1.29, 1.82) is 0 Å². The summed E-state index contributed by atoms with van der Waals surface area (Å²) in [6.45, 7) is 10.1. The van der Waals surface area contributed by atoms with Gasteiger partial charge in [-0.3, -0.25) is 10.3 Å². The second kappa shape index (κ2) is 9.27. The molecule has 0 unspecified atom stereocenters. The van der Waals surface area contributed by atoms with E-state index in [9.17, 15) is 8.78 Å². The Morgan fingerprint density at radius 1 is 1.24 bits per heavy atom. The molecular formula is C25H33F2N5O. The largest absolute Gasteiger partial charge is 0.496 e. The minimum atomic E-state index is -2.82. The zero-order chi connectivity index (χ0) is 23.8. The fourth-order valence-electron chi connectivity index (χ4n) is 4.92. The minimum absolute atomic E-state index is 0.0810. The van der Waals surface area contributed by atoms with Gasteiger partial charge in [-0.15, -0.1) is 0 Å². The van der Waals surface area contributed by atoms with Crippen LogP contribution in [0.1, 0.15) is 42.1 Å². The first-order valence-corrected chi connectivity index (χ1v) is 11.3. The smallest absolute Gasteiger partial charge is 0.257 e. The highest BCUT2D eigenvalue weighted by atomic mass is 19.3. The van der Waals surface area contributed by atoms with Gasteiger partial charge in [-0.2, -0.15) is 5.10 Å². The summed E-state index contributed by atoms with van der Waals surface area (Å²) in [6, 6.07) is 9.90. The van der Waals surface area contributed by atoms with Gasteiger partial charge in [0.15, 0.2) is 0 Å². The van der Waals surface area contributed by atoms with Crippen LogP contribution in [0, 0.1) is 6.92 Å². The van der Waals surface area contributed by atoms with Crippen LogP contribution in [0.5, 0.6) is 5.75 Å². The third-order valence-electron chi connectivity index (χ3n) is 6.67. The molecule has 0 spiro atoms. The molecular weight excluding hydrogens is 424 g/mol. The van der Waals surface area contributed by atoms with E-state index in [4.69, 9.17) is 4.74 Å². The van der Waals surface area contributed by atoms with Gasteiger partial charge in [-0.05, 0) is 49.1 Å². The van der Waals surface area contributed by atoms with Crippen LogP contribution in [0.3, 0.4) is 0 Å². The molecule has 0 radical (unpaired) electrons. The number of rotatable bonds is 8. The summed E-state index contributed by atoms with van der Waals surface area (Å²) >= 11 is 0. The number of nitrogens with zero attached hydrogens (tertiary/aromatic N) is 2. The lowest BCUT2D eigenvalue weighted by atomic mass is 9.82. The molecule has 2 aromatic carbocycles. The maximum atomic E-state index is 14.3. The third-order valence-corrected chi connectivity index (χ3v) is 6.67. The van der Waals surface area contributed by atoms with Crippen molar-refractivity contribution in [3.63, 3.8) is 0 Å². The van der Waals surface area contributed by atoms with E-state index < -0.39 is 5.92 Å². The van der Waals surface area contributed by atoms with E-state index in [-0.39, 0.29) is 18.6 Å². The fraction of sp³-hybridized carbons (Fsp3) is 0.480. The number of methoxy groups -OCH3 is 1. The average Bonchev–Trinajstić information content (AvgIpc) is 2.73. The molecule has 8 heteroatoms. The molecule has 0 aromatic heterocycles. The van der Waals surface area contributed by atoms with Gasteiger partial charge in [0.1, 0.15) is 5.75 Å². The maximum absolute atomic E-state index is 14.3. The highest BCUT2D eigenvalue weighted by Gasteiger charge is 2.40. The first-order chi connectivity index (χ1) is 15.7.